The average molecular weight is 795 g/mol. The number of rotatable bonds is 3. The molecule has 0 fully saturated rings. The third kappa shape index (κ3) is 4.70. The molecule has 14 rings (SSSR count). The van der Waals surface area contributed by atoms with Crippen molar-refractivity contribution < 1.29 is 0 Å². The minimum atomic E-state index is -0.417. The fourth-order valence-electron chi connectivity index (χ4n) is 11.8. The minimum Gasteiger partial charge on any atom is -0.0619 e. The lowest BCUT2D eigenvalue weighted by Crippen LogP contribution is -2.26. The minimum absolute atomic E-state index is 0.417. The molecule has 0 saturated carbocycles. The van der Waals surface area contributed by atoms with Gasteiger partial charge in [0, 0.05) is 0 Å². The zero-order valence-electron chi connectivity index (χ0n) is 34.4. The highest BCUT2D eigenvalue weighted by Crippen LogP contribution is 2.64. The van der Waals surface area contributed by atoms with Crippen LogP contribution in [0.25, 0.3) is 109 Å². The van der Waals surface area contributed by atoms with E-state index in [1.54, 1.807) is 0 Å². The number of benzene rings is 12. The van der Waals surface area contributed by atoms with Crippen LogP contribution in [0, 0.1) is 0 Å². The third-order valence-electron chi connectivity index (χ3n) is 14.4. The second-order valence-corrected chi connectivity index (χ2v) is 17.5. The van der Waals surface area contributed by atoms with Crippen LogP contribution in [0.1, 0.15) is 22.3 Å². The third-order valence-corrected chi connectivity index (χ3v) is 14.4. The standard InChI is InChI=1S/C63H38/c1-3-17-46-40(14-1)16-13-25-50(46)61-53-23-7-5-21-51(53)60(52-22-6-8-24-54(52)61)42-30-28-39(29-31-42)43-32-33-44-37-56-55-35-34-41-15-2-4-18-47(41)62(55)63(59(56)38-45(44)36-43)57-26-11-9-19-48(57)49-20-10-12-27-58(49)63/h1-38H. The first kappa shape index (κ1) is 34.6. The maximum atomic E-state index is 2.52. The highest BCUT2D eigenvalue weighted by molar-refractivity contribution is 6.23. The molecule has 0 amide bonds. The van der Waals surface area contributed by atoms with Crippen LogP contribution in [0.3, 0.4) is 0 Å². The first-order valence-corrected chi connectivity index (χ1v) is 22.1. The molecule has 63 heavy (non-hydrogen) atoms. The molecule has 0 bridgehead atoms. The van der Waals surface area contributed by atoms with E-state index in [0.29, 0.717) is 0 Å². The molecule has 290 valence electrons. The van der Waals surface area contributed by atoms with Crippen molar-refractivity contribution in [3.63, 3.8) is 0 Å². The molecule has 12 aromatic rings. The van der Waals surface area contributed by atoms with Gasteiger partial charge in [0.15, 0.2) is 0 Å². The van der Waals surface area contributed by atoms with E-state index in [1.807, 2.05) is 0 Å². The Labute approximate surface area is 366 Å². The van der Waals surface area contributed by atoms with Crippen molar-refractivity contribution in [1.82, 2.24) is 0 Å². The summed E-state index contributed by atoms with van der Waals surface area (Å²) >= 11 is 0. The molecule has 0 atom stereocenters. The first-order chi connectivity index (χ1) is 31.3. The van der Waals surface area contributed by atoms with Gasteiger partial charge in [-0.25, -0.2) is 0 Å². The zero-order valence-corrected chi connectivity index (χ0v) is 34.4. The largest absolute Gasteiger partial charge is 0.0731 e. The van der Waals surface area contributed by atoms with Gasteiger partial charge in [0.05, 0.1) is 5.41 Å². The Morgan fingerprint density at radius 2 is 0.714 bits per heavy atom. The van der Waals surface area contributed by atoms with E-state index in [-0.39, 0.29) is 0 Å². The van der Waals surface area contributed by atoms with Gasteiger partial charge < -0.3 is 0 Å². The molecule has 0 heterocycles. The predicted octanol–water partition coefficient (Wildman–Crippen LogP) is 16.8. The molecule has 0 nitrogen and oxygen atoms in total. The Bertz CT molecular complexity index is 3790. The lowest BCUT2D eigenvalue weighted by Gasteiger charge is -2.31. The monoisotopic (exact) mass is 794 g/mol. The fraction of sp³-hybridized carbons (Fsp3) is 0.0159. The van der Waals surface area contributed by atoms with Gasteiger partial charge in [-0.2, -0.15) is 0 Å². The molecule has 0 saturated heterocycles. The summed E-state index contributed by atoms with van der Waals surface area (Å²) in [4.78, 5) is 0. The van der Waals surface area contributed by atoms with Gasteiger partial charge in [0.1, 0.15) is 0 Å². The van der Waals surface area contributed by atoms with Crippen molar-refractivity contribution >= 4 is 53.9 Å². The number of hydrogen-bond acceptors (Lipinski definition) is 0. The van der Waals surface area contributed by atoms with Crippen molar-refractivity contribution in [2.24, 2.45) is 0 Å². The van der Waals surface area contributed by atoms with Gasteiger partial charge in [-0.3, -0.25) is 0 Å². The van der Waals surface area contributed by atoms with E-state index in [4.69, 9.17) is 0 Å². The second-order valence-electron chi connectivity index (χ2n) is 17.5. The number of hydrogen-bond donors (Lipinski definition) is 0. The van der Waals surface area contributed by atoms with E-state index in [9.17, 15) is 0 Å². The van der Waals surface area contributed by atoms with Crippen LogP contribution < -0.4 is 0 Å². The quantitative estimate of drug-likeness (QED) is 0.156. The molecule has 2 aliphatic carbocycles. The van der Waals surface area contributed by atoms with E-state index >= 15 is 0 Å². The molecule has 0 aliphatic heterocycles. The Morgan fingerprint density at radius 3 is 1.40 bits per heavy atom. The Hall–Kier alpha value is -8.06. The van der Waals surface area contributed by atoms with Crippen LogP contribution in [-0.4, -0.2) is 0 Å². The van der Waals surface area contributed by atoms with Gasteiger partial charge in [-0.05, 0) is 150 Å². The topological polar surface area (TPSA) is 0 Å². The van der Waals surface area contributed by atoms with Crippen LogP contribution in [0.5, 0.6) is 0 Å². The van der Waals surface area contributed by atoms with Gasteiger partial charge >= 0.3 is 0 Å². The fourth-order valence-corrected chi connectivity index (χ4v) is 11.8. The van der Waals surface area contributed by atoms with Crippen LogP contribution in [0.15, 0.2) is 231 Å². The van der Waals surface area contributed by atoms with Crippen LogP contribution >= 0.6 is 0 Å². The molecule has 12 aromatic carbocycles. The molecule has 0 radical (unpaired) electrons. The molecule has 1 spiro atoms. The van der Waals surface area contributed by atoms with Crippen molar-refractivity contribution in [2.45, 2.75) is 5.41 Å². The zero-order chi connectivity index (χ0) is 41.2. The SMILES string of the molecule is c1ccc2c(c1)-c1ccccc1C21c2cc3cc(-c4ccc(-c5c6ccccc6c(-c6cccc7ccccc67)c6ccccc56)cc4)ccc3cc2-c2ccc3ccccc3c21. The van der Waals surface area contributed by atoms with Crippen molar-refractivity contribution in [3.05, 3.63) is 253 Å². The molecule has 0 unspecified atom stereocenters. The molecule has 0 N–H and O–H groups in total. The smallest absolute Gasteiger partial charge is 0.0619 e. The Balaban J connectivity index is 0.936. The van der Waals surface area contributed by atoms with E-state index in [2.05, 4.69) is 231 Å². The lowest BCUT2D eigenvalue weighted by atomic mass is 9.69. The van der Waals surface area contributed by atoms with Gasteiger partial charge in [-0.1, -0.05) is 212 Å². The van der Waals surface area contributed by atoms with Gasteiger partial charge in [0.2, 0.25) is 0 Å². The van der Waals surface area contributed by atoms with Gasteiger partial charge in [-0.15, -0.1) is 0 Å². The molecule has 0 aromatic heterocycles. The van der Waals surface area contributed by atoms with Gasteiger partial charge in [0.25, 0.3) is 0 Å². The summed E-state index contributed by atoms with van der Waals surface area (Å²) in [5.74, 6) is 0. The molecule has 2 aliphatic rings. The van der Waals surface area contributed by atoms with Crippen molar-refractivity contribution in [3.8, 4) is 55.6 Å². The lowest BCUT2D eigenvalue weighted by molar-refractivity contribution is 0.802. The normalized spacial score (nSPS) is 13.2. The van der Waals surface area contributed by atoms with Crippen LogP contribution in [0.2, 0.25) is 0 Å². The summed E-state index contributed by atoms with van der Waals surface area (Å²) in [6.45, 7) is 0. The maximum absolute atomic E-state index is 2.52. The summed E-state index contributed by atoms with van der Waals surface area (Å²) in [5.41, 5.74) is 17.9. The number of fused-ring (bicyclic) bond motifs is 16. The highest BCUT2D eigenvalue weighted by atomic mass is 14.5. The second kappa shape index (κ2) is 13.0. The van der Waals surface area contributed by atoms with Crippen LogP contribution in [0.4, 0.5) is 0 Å². The highest BCUT2D eigenvalue weighted by Gasteiger charge is 2.52. The van der Waals surface area contributed by atoms with Crippen LogP contribution in [-0.2, 0) is 5.41 Å². The van der Waals surface area contributed by atoms with E-state index in [1.165, 1.54) is 132 Å². The first-order valence-electron chi connectivity index (χ1n) is 22.1. The summed E-state index contributed by atoms with van der Waals surface area (Å²) in [6.07, 6.45) is 0. The molecular weight excluding hydrogens is 757 g/mol. The summed E-state index contributed by atoms with van der Waals surface area (Å²) in [5, 5.41) is 12.7. The van der Waals surface area contributed by atoms with Crippen molar-refractivity contribution in [2.75, 3.05) is 0 Å². The van der Waals surface area contributed by atoms with E-state index < -0.39 is 5.41 Å². The summed E-state index contributed by atoms with van der Waals surface area (Å²) in [7, 11) is 0. The molecule has 0 heteroatoms. The van der Waals surface area contributed by atoms with E-state index in [0.717, 1.165) is 0 Å². The maximum Gasteiger partial charge on any atom is 0.0731 e. The Kier molecular flexibility index (Phi) is 7.13. The average Bonchev–Trinajstić information content (AvgIpc) is 3.81. The Morgan fingerprint density at radius 1 is 0.222 bits per heavy atom. The molecular formula is C63H38. The van der Waals surface area contributed by atoms with Crippen molar-refractivity contribution in [1.29, 1.82) is 0 Å². The summed E-state index contributed by atoms with van der Waals surface area (Å²) < 4.78 is 0. The summed E-state index contributed by atoms with van der Waals surface area (Å²) in [6, 6.07) is 86.6. The predicted molar refractivity (Wildman–Crippen MR) is 267 cm³/mol.